The molecule has 1 unspecified atom stereocenters. The van der Waals surface area contributed by atoms with Gasteiger partial charge in [0.05, 0.1) is 6.04 Å². The van der Waals surface area contributed by atoms with Crippen LogP contribution in [0.2, 0.25) is 0 Å². The van der Waals surface area contributed by atoms with E-state index in [1.165, 1.54) is 0 Å². The number of amides is 2. The average Bonchev–Trinajstić information content (AvgIpc) is 3.17. The van der Waals surface area contributed by atoms with Gasteiger partial charge in [-0.2, -0.15) is 0 Å². The van der Waals surface area contributed by atoms with Crippen LogP contribution in [-0.2, 0) is 9.59 Å². The lowest BCUT2D eigenvalue weighted by molar-refractivity contribution is -0.134. The Morgan fingerprint density at radius 3 is 2.24 bits per heavy atom. The van der Waals surface area contributed by atoms with Crippen LogP contribution in [-0.4, -0.2) is 65.3 Å². The summed E-state index contributed by atoms with van der Waals surface area (Å²) in [7, 11) is 0. The van der Waals surface area contributed by atoms with E-state index in [0.717, 1.165) is 51.1 Å². The maximum Gasteiger partial charge on any atom is 0.328 e. The second-order valence-corrected chi connectivity index (χ2v) is 6.64. The van der Waals surface area contributed by atoms with E-state index in [0.29, 0.717) is 12.2 Å². The number of benzene rings is 1. The van der Waals surface area contributed by atoms with Gasteiger partial charge in [-0.05, 0) is 31.5 Å². The number of nitrogens with one attached hydrogen (secondary N) is 1. The van der Waals surface area contributed by atoms with Gasteiger partial charge in [0.25, 0.3) is 0 Å². The van der Waals surface area contributed by atoms with E-state index in [-0.39, 0.29) is 12.1 Å². The number of hydrogen-bond acceptors (Lipinski definition) is 4. The van der Waals surface area contributed by atoms with Gasteiger partial charge in [-0.3, -0.25) is 4.90 Å². The number of nitrogens with zero attached hydrogens (tertiary/aromatic N) is 2. The van der Waals surface area contributed by atoms with Gasteiger partial charge in [-0.1, -0.05) is 38.5 Å². The van der Waals surface area contributed by atoms with E-state index < -0.39 is 11.9 Å². The van der Waals surface area contributed by atoms with Crippen LogP contribution in [0.5, 0.6) is 0 Å². The van der Waals surface area contributed by atoms with E-state index in [1.807, 2.05) is 35.2 Å². The minimum absolute atomic E-state index is 0.0394. The molecule has 1 saturated heterocycles. The standard InChI is InChI=1S/C17H27N3O.C4H4O4/c1-3-5-12-18-17(21)20(15-9-7-6-8-10-15)16-11-13-19(4-2)14-16;5-3(6)1-2-4(7)8/h6-10,16H,3-5,11-14H2,1-2H3,(H,18,21);1-2H,(H,5,6)(H,7,8)/b;2-1+. The minimum atomic E-state index is -1.26. The van der Waals surface area contributed by atoms with Crippen LogP contribution in [0.3, 0.4) is 0 Å². The second kappa shape index (κ2) is 13.3. The molecule has 3 N–H and O–H groups in total. The molecule has 0 aromatic heterocycles. The number of likely N-dealkylation sites (tertiary alicyclic amines) is 1. The van der Waals surface area contributed by atoms with Crippen molar-refractivity contribution in [1.29, 1.82) is 0 Å². The number of hydrogen-bond donors (Lipinski definition) is 3. The number of anilines is 1. The Balaban J connectivity index is 0.000000447. The van der Waals surface area contributed by atoms with Crippen molar-refractivity contribution in [3.8, 4) is 0 Å². The van der Waals surface area contributed by atoms with Crippen molar-refractivity contribution in [2.75, 3.05) is 31.1 Å². The first-order valence-electron chi connectivity index (χ1n) is 9.87. The fourth-order valence-electron chi connectivity index (χ4n) is 2.99. The van der Waals surface area contributed by atoms with E-state index in [4.69, 9.17) is 10.2 Å². The van der Waals surface area contributed by atoms with Crippen LogP contribution in [0.4, 0.5) is 10.5 Å². The number of likely N-dealkylation sites (N-methyl/N-ethyl adjacent to an activating group) is 1. The van der Waals surface area contributed by atoms with E-state index >= 15 is 0 Å². The summed E-state index contributed by atoms with van der Waals surface area (Å²) >= 11 is 0. The lowest BCUT2D eigenvalue weighted by atomic mass is 10.2. The number of carbonyl (C=O) groups is 3. The quantitative estimate of drug-likeness (QED) is 0.453. The van der Waals surface area contributed by atoms with Gasteiger partial charge in [-0.25, -0.2) is 14.4 Å². The minimum Gasteiger partial charge on any atom is -0.478 e. The van der Waals surface area contributed by atoms with Gasteiger partial charge in [0.15, 0.2) is 0 Å². The van der Waals surface area contributed by atoms with Crippen LogP contribution in [0.25, 0.3) is 0 Å². The highest BCUT2D eigenvalue weighted by Gasteiger charge is 2.30. The molecule has 2 rings (SSSR count). The van der Waals surface area contributed by atoms with Gasteiger partial charge in [0.2, 0.25) is 0 Å². The van der Waals surface area contributed by atoms with Crippen molar-refractivity contribution in [3.05, 3.63) is 42.5 Å². The number of carboxylic acid groups (broad SMARTS) is 2. The molecule has 1 fully saturated rings. The summed E-state index contributed by atoms with van der Waals surface area (Å²) in [6, 6.07) is 10.3. The van der Waals surface area contributed by atoms with Gasteiger partial charge in [-0.15, -0.1) is 0 Å². The molecule has 0 saturated carbocycles. The third-order valence-electron chi connectivity index (χ3n) is 4.49. The molecule has 8 nitrogen and oxygen atoms in total. The first kappa shape index (κ1) is 24.2. The normalized spacial score (nSPS) is 16.1. The fourth-order valence-corrected chi connectivity index (χ4v) is 2.99. The van der Waals surface area contributed by atoms with Gasteiger partial charge in [0.1, 0.15) is 0 Å². The first-order chi connectivity index (χ1) is 13.9. The third kappa shape index (κ3) is 9.25. The second-order valence-electron chi connectivity index (χ2n) is 6.64. The SMILES string of the molecule is CCCCNC(=O)N(c1ccccc1)C1CCN(CC)C1.O=C(O)/C=C/C(=O)O. The van der Waals surface area contributed by atoms with Crippen LogP contribution >= 0.6 is 0 Å². The Labute approximate surface area is 171 Å². The molecule has 1 heterocycles. The molecular weight excluding hydrogens is 374 g/mol. The number of rotatable bonds is 8. The first-order valence-corrected chi connectivity index (χ1v) is 9.87. The number of carboxylic acids is 2. The Hall–Kier alpha value is -2.87. The molecule has 1 aromatic rings. The highest BCUT2D eigenvalue weighted by molar-refractivity contribution is 5.92. The zero-order valence-electron chi connectivity index (χ0n) is 17.1. The molecule has 1 atom stereocenters. The summed E-state index contributed by atoms with van der Waals surface area (Å²) in [5, 5.41) is 18.7. The van der Waals surface area contributed by atoms with Crippen LogP contribution in [0, 0.1) is 0 Å². The molecule has 0 spiro atoms. The van der Waals surface area contributed by atoms with Crippen molar-refractivity contribution in [3.63, 3.8) is 0 Å². The van der Waals surface area contributed by atoms with E-state index in [9.17, 15) is 14.4 Å². The molecule has 0 bridgehead atoms. The number of urea groups is 1. The molecule has 0 aliphatic carbocycles. The predicted molar refractivity (Wildman–Crippen MR) is 112 cm³/mol. The number of carbonyl (C=O) groups excluding carboxylic acids is 1. The molecular formula is C21H31N3O5. The van der Waals surface area contributed by atoms with Crippen LogP contribution in [0.15, 0.2) is 42.5 Å². The average molecular weight is 405 g/mol. The molecule has 8 heteroatoms. The monoisotopic (exact) mass is 405 g/mol. The molecule has 160 valence electrons. The summed E-state index contributed by atoms with van der Waals surface area (Å²) in [5.74, 6) is -2.51. The van der Waals surface area contributed by atoms with Crippen molar-refractivity contribution >= 4 is 23.7 Å². The summed E-state index contributed by atoms with van der Waals surface area (Å²) in [5.41, 5.74) is 0.995. The van der Waals surface area contributed by atoms with Crippen molar-refractivity contribution < 1.29 is 24.6 Å². The van der Waals surface area contributed by atoms with Gasteiger partial charge < -0.3 is 20.4 Å². The Morgan fingerprint density at radius 2 is 1.76 bits per heavy atom. The predicted octanol–water partition coefficient (Wildman–Crippen LogP) is 2.81. The van der Waals surface area contributed by atoms with Crippen molar-refractivity contribution in [2.24, 2.45) is 0 Å². The third-order valence-corrected chi connectivity index (χ3v) is 4.49. The lowest BCUT2D eigenvalue weighted by Gasteiger charge is -2.29. The Morgan fingerprint density at radius 1 is 1.14 bits per heavy atom. The molecule has 1 aliphatic rings. The van der Waals surface area contributed by atoms with Crippen molar-refractivity contribution in [1.82, 2.24) is 10.2 Å². The zero-order valence-corrected chi connectivity index (χ0v) is 17.1. The lowest BCUT2D eigenvalue weighted by Crippen LogP contribution is -2.47. The van der Waals surface area contributed by atoms with Crippen LogP contribution < -0.4 is 10.2 Å². The summed E-state index contributed by atoms with van der Waals surface area (Å²) in [6.45, 7) is 8.16. The smallest absolute Gasteiger partial charge is 0.328 e. The van der Waals surface area contributed by atoms with Gasteiger partial charge in [0, 0.05) is 37.5 Å². The number of para-hydroxylation sites is 1. The van der Waals surface area contributed by atoms with E-state index in [1.54, 1.807) is 0 Å². The highest BCUT2D eigenvalue weighted by atomic mass is 16.4. The van der Waals surface area contributed by atoms with Crippen molar-refractivity contribution in [2.45, 2.75) is 39.2 Å². The maximum absolute atomic E-state index is 12.6. The van der Waals surface area contributed by atoms with E-state index in [2.05, 4.69) is 24.1 Å². The summed E-state index contributed by atoms with van der Waals surface area (Å²) in [4.78, 5) is 36.1. The number of unbranched alkanes of at least 4 members (excludes halogenated alkanes) is 1. The molecule has 2 amide bonds. The number of aliphatic carboxylic acids is 2. The topological polar surface area (TPSA) is 110 Å². The molecule has 1 aliphatic heterocycles. The molecule has 1 aromatic carbocycles. The van der Waals surface area contributed by atoms with Gasteiger partial charge >= 0.3 is 18.0 Å². The Bertz CT molecular complexity index is 662. The summed E-state index contributed by atoms with van der Waals surface area (Å²) in [6.07, 6.45) is 4.29. The zero-order chi connectivity index (χ0) is 21.6. The molecule has 0 radical (unpaired) electrons. The Kier molecular flexibility index (Phi) is 11.1. The highest BCUT2D eigenvalue weighted by Crippen LogP contribution is 2.23. The summed E-state index contributed by atoms with van der Waals surface area (Å²) < 4.78 is 0. The largest absolute Gasteiger partial charge is 0.478 e. The van der Waals surface area contributed by atoms with Crippen LogP contribution in [0.1, 0.15) is 33.1 Å². The molecule has 29 heavy (non-hydrogen) atoms. The maximum atomic E-state index is 12.6. The fraction of sp³-hybridized carbons (Fsp3) is 0.476.